The standard InChI is InChI=1S/C12H16N2O4/c1-14-6-9(2-3-11(14)15)13-5-10-4-8(7-18-10)12(16)17/h4,7,9,13H,2-3,5-6H2,1H3,(H,16,17). The molecule has 1 fully saturated rings. The number of nitrogens with zero attached hydrogens (tertiary/aromatic N) is 1. The number of nitrogens with one attached hydrogen (secondary N) is 1. The van der Waals surface area contributed by atoms with Crippen LogP contribution < -0.4 is 5.32 Å². The van der Waals surface area contributed by atoms with Crippen LogP contribution >= 0.6 is 0 Å². The van der Waals surface area contributed by atoms with E-state index in [1.807, 2.05) is 0 Å². The molecule has 0 bridgehead atoms. The van der Waals surface area contributed by atoms with E-state index < -0.39 is 5.97 Å². The Balaban J connectivity index is 1.84. The highest BCUT2D eigenvalue weighted by Crippen LogP contribution is 2.12. The fourth-order valence-corrected chi connectivity index (χ4v) is 2.01. The van der Waals surface area contributed by atoms with E-state index in [2.05, 4.69) is 5.32 Å². The van der Waals surface area contributed by atoms with E-state index in [4.69, 9.17) is 9.52 Å². The molecule has 1 saturated heterocycles. The number of carbonyl (C=O) groups is 2. The Labute approximate surface area is 105 Å². The monoisotopic (exact) mass is 252 g/mol. The molecule has 0 aliphatic carbocycles. The van der Waals surface area contributed by atoms with Crippen molar-refractivity contribution in [3.05, 3.63) is 23.7 Å². The number of aromatic carboxylic acids is 1. The maximum atomic E-state index is 11.3. The van der Waals surface area contributed by atoms with Crippen LogP contribution in [-0.2, 0) is 11.3 Å². The average Bonchev–Trinajstić information content (AvgIpc) is 2.79. The van der Waals surface area contributed by atoms with Crippen LogP contribution in [0.3, 0.4) is 0 Å². The molecule has 6 nitrogen and oxygen atoms in total. The third-order valence-electron chi connectivity index (χ3n) is 3.09. The summed E-state index contributed by atoms with van der Waals surface area (Å²) in [5.74, 6) is -0.237. The van der Waals surface area contributed by atoms with Crippen LogP contribution in [0.2, 0.25) is 0 Å². The lowest BCUT2D eigenvalue weighted by atomic mass is 10.1. The van der Waals surface area contributed by atoms with Gasteiger partial charge < -0.3 is 19.7 Å². The Morgan fingerprint density at radius 2 is 2.44 bits per heavy atom. The van der Waals surface area contributed by atoms with Gasteiger partial charge in [0.2, 0.25) is 5.91 Å². The molecule has 1 unspecified atom stereocenters. The first kappa shape index (κ1) is 12.6. The molecule has 0 radical (unpaired) electrons. The van der Waals surface area contributed by atoms with E-state index in [1.165, 1.54) is 12.3 Å². The minimum atomic E-state index is -0.993. The smallest absolute Gasteiger partial charge is 0.338 e. The summed E-state index contributed by atoms with van der Waals surface area (Å²) in [7, 11) is 1.78. The number of hydrogen-bond acceptors (Lipinski definition) is 4. The van der Waals surface area contributed by atoms with E-state index >= 15 is 0 Å². The molecule has 1 atom stereocenters. The predicted octanol–water partition coefficient (Wildman–Crippen LogP) is 0.688. The number of carboxylic acids is 1. The van der Waals surface area contributed by atoms with Crippen LogP contribution in [0.25, 0.3) is 0 Å². The van der Waals surface area contributed by atoms with Crippen LogP contribution in [0.4, 0.5) is 0 Å². The van der Waals surface area contributed by atoms with Crippen LogP contribution in [0.5, 0.6) is 0 Å². The number of piperidine rings is 1. The highest BCUT2D eigenvalue weighted by Gasteiger charge is 2.22. The maximum absolute atomic E-state index is 11.3. The van der Waals surface area contributed by atoms with Crippen LogP contribution in [-0.4, -0.2) is 41.5 Å². The van der Waals surface area contributed by atoms with Gasteiger partial charge in [-0.25, -0.2) is 4.79 Å². The lowest BCUT2D eigenvalue weighted by molar-refractivity contribution is -0.132. The number of carbonyl (C=O) groups excluding carboxylic acids is 1. The second kappa shape index (κ2) is 5.22. The zero-order chi connectivity index (χ0) is 13.1. The Hall–Kier alpha value is -1.82. The van der Waals surface area contributed by atoms with Gasteiger partial charge in [0.15, 0.2) is 0 Å². The fraction of sp³-hybridized carbons (Fsp3) is 0.500. The number of furan rings is 1. The molecule has 6 heteroatoms. The molecule has 1 aromatic rings. The van der Waals surface area contributed by atoms with E-state index in [1.54, 1.807) is 11.9 Å². The molecule has 1 aliphatic heterocycles. The molecule has 18 heavy (non-hydrogen) atoms. The third-order valence-corrected chi connectivity index (χ3v) is 3.09. The first-order valence-corrected chi connectivity index (χ1v) is 5.84. The fourth-order valence-electron chi connectivity index (χ4n) is 2.01. The second-order valence-corrected chi connectivity index (χ2v) is 4.50. The Kier molecular flexibility index (Phi) is 3.66. The SMILES string of the molecule is CN1CC(NCc2cc(C(=O)O)co2)CCC1=O. The van der Waals surface area contributed by atoms with Gasteiger partial charge in [0, 0.05) is 26.1 Å². The van der Waals surface area contributed by atoms with Crippen LogP contribution in [0.1, 0.15) is 29.0 Å². The molecule has 2 rings (SSSR count). The number of likely N-dealkylation sites (N-methyl/N-ethyl adjacent to an activating group) is 1. The molecular weight excluding hydrogens is 236 g/mol. The second-order valence-electron chi connectivity index (χ2n) is 4.50. The number of likely N-dealkylation sites (tertiary alicyclic amines) is 1. The zero-order valence-electron chi connectivity index (χ0n) is 10.2. The molecule has 1 aromatic heterocycles. The summed E-state index contributed by atoms with van der Waals surface area (Å²) in [5, 5.41) is 12.0. The Morgan fingerprint density at radius 1 is 1.67 bits per heavy atom. The molecule has 98 valence electrons. The third kappa shape index (κ3) is 2.89. The summed E-state index contributed by atoms with van der Waals surface area (Å²) in [6.07, 6.45) is 2.58. The molecule has 0 aromatic carbocycles. The number of hydrogen-bond donors (Lipinski definition) is 2. The molecule has 1 aliphatic rings. The summed E-state index contributed by atoms with van der Waals surface area (Å²) in [6, 6.07) is 1.73. The van der Waals surface area contributed by atoms with Gasteiger partial charge in [-0.1, -0.05) is 0 Å². The van der Waals surface area contributed by atoms with Crippen LogP contribution in [0, 0.1) is 0 Å². The quantitative estimate of drug-likeness (QED) is 0.823. The number of amides is 1. The van der Waals surface area contributed by atoms with E-state index in [0.29, 0.717) is 25.3 Å². The lowest BCUT2D eigenvalue weighted by Crippen LogP contribution is -2.46. The summed E-state index contributed by atoms with van der Waals surface area (Å²) in [6.45, 7) is 1.14. The van der Waals surface area contributed by atoms with Crippen molar-refractivity contribution in [1.82, 2.24) is 10.2 Å². The van der Waals surface area contributed by atoms with Gasteiger partial charge in [-0.15, -0.1) is 0 Å². The minimum absolute atomic E-state index is 0.155. The first-order chi connectivity index (χ1) is 8.56. The van der Waals surface area contributed by atoms with Gasteiger partial charge >= 0.3 is 5.97 Å². The minimum Gasteiger partial charge on any atom is -0.478 e. The average molecular weight is 252 g/mol. The van der Waals surface area contributed by atoms with Crippen molar-refractivity contribution in [2.24, 2.45) is 0 Å². The van der Waals surface area contributed by atoms with Crippen molar-refractivity contribution >= 4 is 11.9 Å². The summed E-state index contributed by atoms with van der Waals surface area (Å²) in [5.41, 5.74) is 0.155. The van der Waals surface area contributed by atoms with Crippen molar-refractivity contribution < 1.29 is 19.1 Å². The topological polar surface area (TPSA) is 82.8 Å². The predicted molar refractivity (Wildman–Crippen MR) is 63.2 cm³/mol. The van der Waals surface area contributed by atoms with Gasteiger partial charge in [-0.05, 0) is 12.5 Å². The van der Waals surface area contributed by atoms with Gasteiger partial charge in [-0.2, -0.15) is 0 Å². The summed E-state index contributed by atoms with van der Waals surface area (Å²) < 4.78 is 5.14. The largest absolute Gasteiger partial charge is 0.478 e. The van der Waals surface area contributed by atoms with Gasteiger partial charge in [0.25, 0.3) is 0 Å². The van der Waals surface area contributed by atoms with Crippen molar-refractivity contribution in [1.29, 1.82) is 0 Å². The van der Waals surface area contributed by atoms with Crippen molar-refractivity contribution in [2.45, 2.75) is 25.4 Å². The highest BCUT2D eigenvalue weighted by molar-refractivity contribution is 5.87. The molecule has 0 saturated carbocycles. The molecule has 2 N–H and O–H groups in total. The lowest BCUT2D eigenvalue weighted by Gasteiger charge is -2.30. The first-order valence-electron chi connectivity index (χ1n) is 5.84. The van der Waals surface area contributed by atoms with Gasteiger partial charge in [0.1, 0.15) is 12.0 Å². The van der Waals surface area contributed by atoms with Gasteiger partial charge in [0.05, 0.1) is 12.1 Å². The highest BCUT2D eigenvalue weighted by atomic mass is 16.4. The zero-order valence-corrected chi connectivity index (χ0v) is 10.2. The molecule has 0 spiro atoms. The normalized spacial score (nSPS) is 20.2. The molecule has 1 amide bonds. The summed E-state index contributed by atoms with van der Waals surface area (Å²) in [4.78, 5) is 23.7. The van der Waals surface area contributed by atoms with E-state index in [0.717, 1.165) is 6.42 Å². The van der Waals surface area contributed by atoms with E-state index in [9.17, 15) is 9.59 Å². The summed E-state index contributed by atoms with van der Waals surface area (Å²) >= 11 is 0. The van der Waals surface area contributed by atoms with Crippen molar-refractivity contribution in [2.75, 3.05) is 13.6 Å². The maximum Gasteiger partial charge on any atom is 0.338 e. The van der Waals surface area contributed by atoms with Crippen molar-refractivity contribution in [3.63, 3.8) is 0 Å². The molecular formula is C12H16N2O4. The number of rotatable bonds is 4. The van der Waals surface area contributed by atoms with Gasteiger partial charge in [-0.3, -0.25) is 4.79 Å². The number of carboxylic acid groups (broad SMARTS) is 1. The molecule has 2 heterocycles. The van der Waals surface area contributed by atoms with E-state index in [-0.39, 0.29) is 17.5 Å². The van der Waals surface area contributed by atoms with Crippen molar-refractivity contribution in [3.8, 4) is 0 Å². The van der Waals surface area contributed by atoms with Crippen LogP contribution in [0.15, 0.2) is 16.7 Å². The Morgan fingerprint density at radius 3 is 3.06 bits per heavy atom. The Bertz CT molecular complexity index is 455.